The molecule has 1 amide bonds. The van der Waals surface area contributed by atoms with E-state index >= 15 is 0 Å². The minimum atomic E-state index is -0.0333. The predicted octanol–water partition coefficient (Wildman–Crippen LogP) is 5.64. The molecule has 162 valence electrons. The molecule has 32 heavy (non-hydrogen) atoms. The van der Waals surface area contributed by atoms with Crippen molar-refractivity contribution in [3.05, 3.63) is 84.4 Å². The fourth-order valence-electron chi connectivity index (χ4n) is 4.47. The Bertz CT molecular complexity index is 1130. The number of carbonyl (C=O) groups is 1. The summed E-state index contributed by atoms with van der Waals surface area (Å²) >= 11 is 0. The molecule has 2 heterocycles. The molecule has 3 aromatic rings. The lowest BCUT2D eigenvalue weighted by atomic mass is 10.0. The third kappa shape index (κ3) is 4.30. The highest BCUT2D eigenvalue weighted by molar-refractivity contribution is 6.54. The minimum absolute atomic E-state index is 0.0333. The molecule has 0 saturated carbocycles. The van der Waals surface area contributed by atoms with E-state index in [9.17, 15) is 4.79 Å². The number of carbonyl (C=O) groups excluding carboxylic acids is 1. The zero-order valence-electron chi connectivity index (χ0n) is 18.3. The van der Waals surface area contributed by atoms with E-state index in [0.29, 0.717) is 18.3 Å². The summed E-state index contributed by atoms with van der Waals surface area (Å²) in [6.45, 7) is 4.96. The Labute approximate surface area is 189 Å². The Morgan fingerprint density at radius 3 is 2.44 bits per heavy atom. The summed E-state index contributed by atoms with van der Waals surface area (Å²) in [5.74, 6) is 2.16. The van der Waals surface area contributed by atoms with Crippen LogP contribution in [-0.2, 0) is 4.79 Å². The highest BCUT2D eigenvalue weighted by Crippen LogP contribution is 2.32. The SMILES string of the molecule is CC1CCCN(CN2C(=O)C(=Nc3ccc(Oc4ccccc4)cc3)c3ccccc32)C1. The van der Waals surface area contributed by atoms with Gasteiger partial charge in [0.15, 0.2) is 0 Å². The van der Waals surface area contributed by atoms with E-state index in [1.54, 1.807) is 0 Å². The Kier molecular flexibility index (Phi) is 5.73. The second kappa shape index (κ2) is 8.97. The molecule has 1 atom stereocenters. The fraction of sp³-hybridized carbons (Fsp3) is 0.259. The molecule has 0 aromatic heterocycles. The average molecular weight is 426 g/mol. The molecular formula is C27H27N3O2. The molecule has 5 nitrogen and oxygen atoms in total. The molecule has 3 aromatic carbocycles. The van der Waals surface area contributed by atoms with Gasteiger partial charge in [0.1, 0.15) is 17.2 Å². The van der Waals surface area contributed by atoms with Gasteiger partial charge >= 0.3 is 0 Å². The average Bonchev–Trinajstić information content (AvgIpc) is 3.07. The van der Waals surface area contributed by atoms with Crippen LogP contribution in [-0.4, -0.2) is 36.3 Å². The third-order valence-electron chi connectivity index (χ3n) is 6.04. The van der Waals surface area contributed by atoms with Crippen molar-refractivity contribution < 1.29 is 9.53 Å². The van der Waals surface area contributed by atoms with E-state index in [1.165, 1.54) is 12.8 Å². The van der Waals surface area contributed by atoms with Crippen molar-refractivity contribution in [3.63, 3.8) is 0 Å². The van der Waals surface area contributed by atoms with Gasteiger partial charge in [-0.15, -0.1) is 0 Å². The quantitative estimate of drug-likeness (QED) is 0.532. The maximum Gasteiger partial charge on any atom is 0.278 e. The van der Waals surface area contributed by atoms with Crippen LogP contribution < -0.4 is 9.64 Å². The summed E-state index contributed by atoms with van der Waals surface area (Å²) in [4.78, 5) is 22.4. The van der Waals surface area contributed by atoms with Crippen LogP contribution in [0.3, 0.4) is 0 Å². The minimum Gasteiger partial charge on any atom is -0.457 e. The van der Waals surface area contributed by atoms with Gasteiger partial charge < -0.3 is 4.74 Å². The van der Waals surface area contributed by atoms with Gasteiger partial charge in [-0.1, -0.05) is 43.3 Å². The first-order valence-corrected chi connectivity index (χ1v) is 11.2. The van der Waals surface area contributed by atoms with Crippen molar-refractivity contribution in [2.24, 2.45) is 10.9 Å². The summed E-state index contributed by atoms with van der Waals surface area (Å²) in [7, 11) is 0. The van der Waals surface area contributed by atoms with Gasteiger partial charge in [0.2, 0.25) is 0 Å². The van der Waals surface area contributed by atoms with Gasteiger partial charge in [-0.05, 0) is 67.8 Å². The number of hydrogen-bond acceptors (Lipinski definition) is 4. The van der Waals surface area contributed by atoms with Gasteiger partial charge in [-0.3, -0.25) is 14.6 Å². The number of likely N-dealkylation sites (tertiary alicyclic amines) is 1. The number of amides is 1. The first-order chi connectivity index (χ1) is 15.7. The maximum absolute atomic E-state index is 13.4. The molecule has 1 saturated heterocycles. The standard InChI is InChI=1S/C27H27N3O2/c1-20-8-7-17-29(18-20)19-30-25-12-6-5-11-24(25)26(27(30)31)28-21-13-15-23(16-14-21)32-22-9-3-2-4-10-22/h2-6,9-16,20H,7-8,17-19H2,1H3. The number of aliphatic imine (C=N–C) groups is 1. The second-order valence-electron chi connectivity index (χ2n) is 8.59. The zero-order chi connectivity index (χ0) is 21.9. The molecule has 2 aliphatic heterocycles. The zero-order valence-corrected chi connectivity index (χ0v) is 18.3. The summed E-state index contributed by atoms with van der Waals surface area (Å²) in [6.07, 6.45) is 2.45. The number of rotatable bonds is 5. The Morgan fingerprint density at radius 1 is 0.938 bits per heavy atom. The first kappa shape index (κ1) is 20.5. The first-order valence-electron chi connectivity index (χ1n) is 11.2. The van der Waals surface area contributed by atoms with E-state index in [0.717, 1.165) is 41.5 Å². The second-order valence-corrected chi connectivity index (χ2v) is 8.59. The van der Waals surface area contributed by atoms with Crippen molar-refractivity contribution >= 4 is 23.0 Å². The lowest BCUT2D eigenvalue weighted by Crippen LogP contribution is -2.45. The van der Waals surface area contributed by atoms with Crippen molar-refractivity contribution in [2.45, 2.75) is 19.8 Å². The van der Waals surface area contributed by atoms with Crippen molar-refractivity contribution in [1.82, 2.24) is 4.90 Å². The summed E-state index contributed by atoms with van der Waals surface area (Å²) < 4.78 is 5.86. The van der Waals surface area contributed by atoms with Crippen molar-refractivity contribution in [2.75, 3.05) is 24.7 Å². The molecule has 0 bridgehead atoms. The Hall–Kier alpha value is -3.44. The van der Waals surface area contributed by atoms with Crippen LogP contribution in [0.2, 0.25) is 0 Å². The van der Waals surface area contributed by atoms with E-state index < -0.39 is 0 Å². The van der Waals surface area contributed by atoms with Crippen LogP contribution >= 0.6 is 0 Å². The molecule has 5 rings (SSSR count). The fourth-order valence-corrected chi connectivity index (χ4v) is 4.47. The number of fused-ring (bicyclic) bond motifs is 1. The summed E-state index contributed by atoms with van der Waals surface area (Å²) in [5.41, 5.74) is 3.07. The number of anilines is 1. The number of hydrogen-bond donors (Lipinski definition) is 0. The number of nitrogens with zero attached hydrogens (tertiary/aromatic N) is 3. The highest BCUT2D eigenvalue weighted by Gasteiger charge is 2.35. The molecular weight excluding hydrogens is 398 g/mol. The molecule has 5 heteroatoms. The highest BCUT2D eigenvalue weighted by atomic mass is 16.5. The van der Waals surface area contributed by atoms with Gasteiger partial charge in [0, 0.05) is 12.1 Å². The van der Waals surface area contributed by atoms with Crippen LogP contribution in [0.15, 0.2) is 83.9 Å². The lowest BCUT2D eigenvalue weighted by molar-refractivity contribution is -0.112. The van der Waals surface area contributed by atoms with Crippen LogP contribution in [0.5, 0.6) is 11.5 Å². The van der Waals surface area contributed by atoms with Gasteiger partial charge in [0.25, 0.3) is 5.91 Å². The molecule has 0 N–H and O–H groups in total. The van der Waals surface area contributed by atoms with Gasteiger partial charge in [0.05, 0.1) is 18.0 Å². The molecule has 0 aliphatic carbocycles. The van der Waals surface area contributed by atoms with Crippen LogP contribution in [0.1, 0.15) is 25.3 Å². The van der Waals surface area contributed by atoms with Crippen molar-refractivity contribution in [1.29, 1.82) is 0 Å². The van der Waals surface area contributed by atoms with Crippen LogP contribution in [0.25, 0.3) is 0 Å². The van der Waals surface area contributed by atoms with Gasteiger partial charge in [-0.2, -0.15) is 0 Å². The normalized spacial score (nSPS) is 19.9. The molecule has 0 spiro atoms. The molecule has 2 aliphatic rings. The predicted molar refractivity (Wildman–Crippen MR) is 128 cm³/mol. The molecule has 0 radical (unpaired) electrons. The van der Waals surface area contributed by atoms with E-state index in [4.69, 9.17) is 9.73 Å². The largest absolute Gasteiger partial charge is 0.457 e. The number of ether oxygens (including phenoxy) is 1. The Morgan fingerprint density at radius 2 is 1.66 bits per heavy atom. The van der Waals surface area contributed by atoms with E-state index in [2.05, 4.69) is 11.8 Å². The maximum atomic E-state index is 13.4. The lowest BCUT2D eigenvalue weighted by Gasteiger charge is -2.33. The summed E-state index contributed by atoms with van der Waals surface area (Å²) in [5, 5.41) is 0. The Balaban J connectivity index is 1.37. The smallest absolute Gasteiger partial charge is 0.278 e. The van der Waals surface area contributed by atoms with Gasteiger partial charge in [-0.25, -0.2) is 4.99 Å². The molecule has 1 unspecified atom stereocenters. The van der Waals surface area contributed by atoms with E-state index in [1.807, 2.05) is 83.8 Å². The third-order valence-corrected chi connectivity index (χ3v) is 6.04. The monoisotopic (exact) mass is 425 g/mol. The topological polar surface area (TPSA) is 45.1 Å². The van der Waals surface area contributed by atoms with E-state index in [-0.39, 0.29) is 5.91 Å². The number of benzene rings is 3. The van der Waals surface area contributed by atoms with Crippen molar-refractivity contribution in [3.8, 4) is 11.5 Å². The molecule has 1 fully saturated rings. The number of piperidine rings is 1. The van der Waals surface area contributed by atoms with Crippen LogP contribution in [0, 0.1) is 5.92 Å². The van der Waals surface area contributed by atoms with Crippen LogP contribution in [0.4, 0.5) is 11.4 Å². The summed E-state index contributed by atoms with van der Waals surface area (Å²) in [6, 6.07) is 25.1. The number of para-hydroxylation sites is 2.